The molecule has 0 aliphatic rings. The van der Waals surface area contributed by atoms with Crippen LogP contribution in [0, 0.1) is 11.8 Å². The third-order valence-electron chi connectivity index (χ3n) is 5.66. The van der Waals surface area contributed by atoms with E-state index in [0.717, 1.165) is 5.75 Å². The average Bonchev–Trinajstić information content (AvgIpc) is 2.78. The summed E-state index contributed by atoms with van der Waals surface area (Å²) in [6, 6.07) is -3.59. The number of nitrogens with two attached hydrogens (primary N) is 2. The molecule has 0 aliphatic heterocycles. The summed E-state index contributed by atoms with van der Waals surface area (Å²) in [7, 11) is 0. The lowest BCUT2D eigenvalue weighted by atomic mass is 9.96. The summed E-state index contributed by atoms with van der Waals surface area (Å²) >= 11 is 1.58. The lowest BCUT2D eigenvalue weighted by Crippen LogP contribution is -2.58. The van der Waals surface area contributed by atoms with Gasteiger partial charge in [-0.2, -0.15) is 11.8 Å². The standard InChI is InChI=1S/C23H45N5O5S/c1-6-15(4)19(28-20(29)16(25)10-12-34-5)22(31)27-18(13-14(2)3)21(30)26-17(23(32)33)9-7-8-11-24/h14-19H,6-13,24-25H2,1-5H3,(H,26,30)(H,27,31)(H,28,29)(H,32,33). The smallest absolute Gasteiger partial charge is 0.326 e. The van der Waals surface area contributed by atoms with E-state index >= 15 is 0 Å². The summed E-state index contributed by atoms with van der Waals surface area (Å²) in [5, 5.41) is 17.5. The van der Waals surface area contributed by atoms with Crippen LogP contribution in [0.15, 0.2) is 0 Å². The Bertz CT molecular complexity index is 649. The number of unbranched alkanes of at least 4 members (excludes halogenated alkanes) is 1. The minimum atomic E-state index is -1.14. The van der Waals surface area contributed by atoms with Crippen LogP contribution in [0.2, 0.25) is 0 Å². The molecule has 8 N–H and O–H groups in total. The van der Waals surface area contributed by atoms with E-state index in [9.17, 15) is 24.3 Å². The maximum atomic E-state index is 13.2. The van der Waals surface area contributed by atoms with Crippen molar-refractivity contribution in [3.63, 3.8) is 0 Å². The number of hydrogen-bond acceptors (Lipinski definition) is 7. The summed E-state index contributed by atoms with van der Waals surface area (Å²) in [5.74, 6) is -2.00. The topological polar surface area (TPSA) is 177 Å². The number of hydrogen-bond donors (Lipinski definition) is 6. The van der Waals surface area contributed by atoms with Crippen LogP contribution >= 0.6 is 11.8 Å². The van der Waals surface area contributed by atoms with E-state index in [1.807, 2.05) is 34.0 Å². The van der Waals surface area contributed by atoms with Gasteiger partial charge in [-0.25, -0.2) is 4.79 Å². The van der Waals surface area contributed by atoms with E-state index in [1.165, 1.54) is 0 Å². The van der Waals surface area contributed by atoms with Crippen molar-refractivity contribution in [2.24, 2.45) is 23.3 Å². The summed E-state index contributed by atoms with van der Waals surface area (Å²) in [4.78, 5) is 50.3. The van der Waals surface area contributed by atoms with Gasteiger partial charge in [0.05, 0.1) is 6.04 Å². The Morgan fingerprint density at radius 3 is 2.03 bits per heavy atom. The first-order valence-electron chi connectivity index (χ1n) is 12.1. The molecule has 0 aromatic heterocycles. The number of amides is 3. The van der Waals surface area contributed by atoms with Gasteiger partial charge >= 0.3 is 5.97 Å². The molecule has 34 heavy (non-hydrogen) atoms. The van der Waals surface area contributed by atoms with E-state index in [0.29, 0.717) is 38.6 Å². The Kier molecular flexibility index (Phi) is 16.6. The Balaban J connectivity index is 5.45. The summed E-state index contributed by atoms with van der Waals surface area (Å²) < 4.78 is 0. The number of rotatable bonds is 18. The van der Waals surface area contributed by atoms with Gasteiger partial charge in [-0.1, -0.05) is 34.1 Å². The molecule has 0 aromatic carbocycles. The highest BCUT2D eigenvalue weighted by Gasteiger charge is 2.32. The van der Waals surface area contributed by atoms with Crippen LogP contribution in [0.5, 0.6) is 0 Å². The molecule has 11 heteroatoms. The molecule has 0 heterocycles. The van der Waals surface area contributed by atoms with Crippen molar-refractivity contribution >= 4 is 35.5 Å². The van der Waals surface area contributed by atoms with E-state index < -0.39 is 47.9 Å². The molecule has 0 rings (SSSR count). The van der Waals surface area contributed by atoms with Crippen LogP contribution in [0.4, 0.5) is 0 Å². The van der Waals surface area contributed by atoms with Gasteiger partial charge in [0.25, 0.3) is 0 Å². The highest BCUT2D eigenvalue weighted by atomic mass is 32.2. The van der Waals surface area contributed by atoms with Crippen LogP contribution in [-0.4, -0.2) is 71.5 Å². The Morgan fingerprint density at radius 2 is 1.53 bits per heavy atom. The van der Waals surface area contributed by atoms with Crippen LogP contribution in [0.3, 0.4) is 0 Å². The number of carbonyl (C=O) groups is 4. The summed E-state index contributed by atoms with van der Waals surface area (Å²) in [6.07, 6.45) is 4.83. The zero-order chi connectivity index (χ0) is 26.3. The monoisotopic (exact) mass is 503 g/mol. The molecule has 198 valence electrons. The third-order valence-corrected chi connectivity index (χ3v) is 6.31. The van der Waals surface area contributed by atoms with Gasteiger partial charge in [-0.05, 0) is 62.5 Å². The fourth-order valence-corrected chi connectivity index (χ4v) is 3.81. The highest BCUT2D eigenvalue weighted by Crippen LogP contribution is 2.12. The first-order valence-corrected chi connectivity index (χ1v) is 13.5. The van der Waals surface area contributed by atoms with Gasteiger partial charge in [-0.3, -0.25) is 14.4 Å². The molecule has 0 aliphatic carbocycles. The molecule has 0 saturated carbocycles. The predicted octanol–water partition coefficient (Wildman–Crippen LogP) is 0.827. The molecular formula is C23H45N5O5S. The Morgan fingerprint density at radius 1 is 0.912 bits per heavy atom. The van der Waals surface area contributed by atoms with Crippen molar-refractivity contribution in [2.75, 3.05) is 18.6 Å². The molecule has 5 unspecified atom stereocenters. The molecule has 0 saturated heterocycles. The van der Waals surface area contributed by atoms with Gasteiger partial charge in [0.2, 0.25) is 17.7 Å². The van der Waals surface area contributed by atoms with Crippen LogP contribution < -0.4 is 27.4 Å². The Hall–Kier alpha value is -1.85. The van der Waals surface area contributed by atoms with Crippen LogP contribution in [-0.2, 0) is 19.2 Å². The van der Waals surface area contributed by atoms with Crippen molar-refractivity contribution in [2.45, 2.75) is 90.4 Å². The molecule has 10 nitrogen and oxygen atoms in total. The van der Waals surface area contributed by atoms with Crippen LogP contribution in [0.25, 0.3) is 0 Å². The molecule has 3 amide bonds. The van der Waals surface area contributed by atoms with Crippen molar-refractivity contribution < 1.29 is 24.3 Å². The maximum absolute atomic E-state index is 13.2. The first kappa shape index (κ1) is 32.1. The zero-order valence-corrected chi connectivity index (χ0v) is 22.1. The summed E-state index contributed by atoms with van der Waals surface area (Å²) in [6.45, 7) is 7.99. The fourth-order valence-electron chi connectivity index (χ4n) is 3.33. The third kappa shape index (κ3) is 12.6. The molecule has 0 radical (unpaired) electrons. The maximum Gasteiger partial charge on any atom is 0.326 e. The zero-order valence-electron chi connectivity index (χ0n) is 21.3. The van der Waals surface area contributed by atoms with Gasteiger partial charge < -0.3 is 32.5 Å². The minimum absolute atomic E-state index is 0.0631. The number of carboxylic acids is 1. The molecule has 5 atom stereocenters. The number of thioether (sulfide) groups is 1. The molecule has 0 aromatic rings. The van der Waals surface area contributed by atoms with Crippen LogP contribution in [0.1, 0.15) is 66.2 Å². The number of aliphatic carboxylic acids is 1. The summed E-state index contributed by atoms with van der Waals surface area (Å²) in [5.41, 5.74) is 11.4. The molecule has 0 fully saturated rings. The number of carboxylic acid groups (broad SMARTS) is 1. The normalized spacial score (nSPS) is 15.6. The largest absolute Gasteiger partial charge is 0.480 e. The van der Waals surface area contributed by atoms with Crippen molar-refractivity contribution in [3.8, 4) is 0 Å². The molecular weight excluding hydrogens is 458 g/mol. The lowest BCUT2D eigenvalue weighted by molar-refractivity contribution is -0.142. The Labute approximate surface area is 208 Å². The van der Waals surface area contributed by atoms with E-state index in [1.54, 1.807) is 11.8 Å². The SMILES string of the molecule is CCC(C)C(NC(=O)C(N)CCSC)C(=O)NC(CC(C)C)C(=O)NC(CCCCN)C(=O)O. The molecule has 0 bridgehead atoms. The minimum Gasteiger partial charge on any atom is -0.480 e. The van der Waals surface area contributed by atoms with Gasteiger partial charge in [0, 0.05) is 0 Å². The van der Waals surface area contributed by atoms with E-state index in [2.05, 4.69) is 16.0 Å². The number of nitrogens with one attached hydrogen (secondary N) is 3. The highest BCUT2D eigenvalue weighted by molar-refractivity contribution is 7.98. The van der Waals surface area contributed by atoms with Gasteiger partial charge in [-0.15, -0.1) is 0 Å². The van der Waals surface area contributed by atoms with E-state index in [4.69, 9.17) is 11.5 Å². The average molecular weight is 504 g/mol. The second-order valence-corrected chi connectivity index (χ2v) is 10.1. The number of carbonyl (C=O) groups excluding carboxylic acids is 3. The predicted molar refractivity (Wildman–Crippen MR) is 136 cm³/mol. The lowest BCUT2D eigenvalue weighted by Gasteiger charge is -2.28. The quantitative estimate of drug-likeness (QED) is 0.149. The fraction of sp³-hybridized carbons (Fsp3) is 0.826. The first-order chi connectivity index (χ1) is 16.0. The van der Waals surface area contributed by atoms with Crippen molar-refractivity contribution in [1.29, 1.82) is 0 Å². The van der Waals surface area contributed by atoms with Crippen molar-refractivity contribution in [3.05, 3.63) is 0 Å². The van der Waals surface area contributed by atoms with E-state index in [-0.39, 0.29) is 18.3 Å². The van der Waals surface area contributed by atoms with Gasteiger partial charge in [0.15, 0.2) is 0 Å². The molecule has 0 spiro atoms. The van der Waals surface area contributed by atoms with Crippen molar-refractivity contribution in [1.82, 2.24) is 16.0 Å². The second-order valence-electron chi connectivity index (χ2n) is 9.13. The van der Waals surface area contributed by atoms with Gasteiger partial charge in [0.1, 0.15) is 18.1 Å². The second kappa shape index (κ2) is 17.6.